The van der Waals surface area contributed by atoms with E-state index in [1.54, 1.807) is 32.9 Å². The van der Waals surface area contributed by atoms with Gasteiger partial charge in [-0.15, -0.1) is 10.2 Å². The average Bonchev–Trinajstić information content (AvgIpc) is 2.83. The largest absolute Gasteiger partial charge is 0.222 e. The summed E-state index contributed by atoms with van der Waals surface area (Å²) in [5.41, 5.74) is 6.58. The van der Waals surface area contributed by atoms with Gasteiger partial charge in [0, 0.05) is 42.6 Å². The van der Waals surface area contributed by atoms with Crippen molar-refractivity contribution in [3.63, 3.8) is 0 Å². The van der Waals surface area contributed by atoms with Crippen LogP contribution in [0.5, 0.6) is 0 Å². The molecule has 4 aliphatic rings. The first kappa shape index (κ1) is 31.2. The molecule has 3 aromatic carbocycles. The second-order valence-electron chi connectivity index (χ2n) is 9.81. The molecule has 1 radical (unpaired) electrons. The molecule has 0 aromatic heterocycles. The topological polar surface area (TPSA) is 92.2 Å². The molecule has 0 saturated carbocycles. The number of hydrogen-bond donors (Lipinski definition) is 0. The zero-order chi connectivity index (χ0) is 28.0. The average molecular weight is 740 g/mol. The second kappa shape index (κ2) is 11.6. The molecule has 0 atom stereocenters. The van der Waals surface area contributed by atoms with Crippen LogP contribution in [-0.2, 0) is 38.4 Å². The molecule has 10 heteroatoms. The zero-order valence-electron chi connectivity index (χ0n) is 21.1. The van der Waals surface area contributed by atoms with Crippen LogP contribution in [0, 0.1) is 33.5 Å². The molecule has 0 spiro atoms. The van der Waals surface area contributed by atoms with Crippen LogP contribution >= 0.6 is 0 Å². The third kappa shape index (κ3) is 6.36. The first-order chi connectivity index (χ1) is 17.7. The summed E-state index contributed by atoms with van der Waals surface area (Å²) in [5.74, 6) is -6.52. The quantitative estimate of drug-likeness (QED) is 0.120. The molecule has 39 heavy (non-hydrogen) atoms. The fourth-order valence-electron chi connectivity index (χ4n) is 5.77. The van der Waals surface area contributed by atoms with Gasteiger partial charge in [0.1, 0.15) is 0 Å². The van der Waals surface area contributed by atoms with Crippen molar-refractivity contribution < 1.29 is 66.5 Å². The van der Waals surface area contributed by atoms with Gasteiger partial charge in [-0.05, 0) is 55.9 Å². The van der Waals surface area contributed by atoms with Crippen LogP contribution in [0.25, 0.3) is 0 Å². The van der Waals surface area contributed by atoms with Crippen molar-refractivity contribution in [1.82, 2.24) is 0 Å². The molecule has 0 amide bonds. The maximum absolute atomic E-state index is 14.1. The minimum atomic E-state index is -4.94. The van der Waals surface area contributed by atoms with Gasteiger partial charge in [0.2, 0.25) is 0 Å². The molecule has 0 aliphatic heterocycles. The van der Waals surface area contributed by atoms with Gasteiger partial charge in [-0.25, -0.2) is 36.2 Å². The van der Waals surface area contributed by atoms with Gasteiger partial charge in [0.25, 0.3) is 0 Å². The summed E-state index contributed by atoms with van der Waals surface area (Å²) in [6.07, 6.45) is 5.78. The maximum Gasteiger partial charge on any atom is 0.197 e. The Kier molecular flexibility index (Phi) is 9.29. The number of rotatable bonds is 0. The first-order valence-corrected chi connectivity index (χ1v) is 12.9. The van der Waals surface area contributed by atoms with Crippen molar-refractivity contribution in [2.45, 2.75) is 44.9 Å². The third-order valence-corrected chi connectivity index (χ3v) is 7.10. The van der Waals surface area contributed by atoms with E-state index in [-0.39, 0.29) is 31.2 Å². The van der Waals surface area contributed by atoms with E-state index in [0.717, 1.165) is 24.0 Å². The summed E-state index contributed by atoms with van der Waals surface area (Å²) < 4.78 is 89.0. The van der Waals surface area contributed by atoms with E-state index in [4.69, 9.17) is 18.6 Å². The maximum atomic E-state index is 14.1. The summed E-state index contributed by atoms with van der Waals surface area (Å²) >= 11 is 0. The smallest absolute Gasteiger partial charge is 0.197 e. The number of halogens is 5. The zero-order valence-corrected chi connectivity index (χ0v) is 24.3. The summed E-state index contributed by atoms with van der Waals surface area (Å²) in [4.78, 5) is 0. The van der Waals surface area contributed by atoms with Crippen molar-refractivity contribution in [3.05, 3.63) is 128 Å². The van der Waals surface area contributed by atoms with Gasteiger partial charge in [-0.3, -0.25) is 0 Å². The van der Waals surface area contributed by atoms with E-state index in [1.165, 1.54) is 22.3 Å². The fraction of sp³-hybridized carbons (Fsp3) is 0.241. The van der Waals surface area contributed by atoms with Gasteiger partial charge >= 0.3 is 0 Å². The molecular formula is C29H24ClF4IrO4-. The molecule has 4 aliphatic carbocycles. The van der Waals surface area contributed by atoms with Crippen LogP contribution in [0.3, 0.4) is 0 Å². The normalized spacial score (nSPS) is 19.9. The summed E-state index contributed by atoms with van der Waals surface area (Å²) in [6, 6.07) is 17.5. The first-order valence-electron chi connectivity index (χ1n) is 11.7. The van der Waals surface area contributed by atoms with Crippen LogP contribution in [-0.4, -0.2) is 0 Å². The molecule has 7 rings (SSSR count). The van der Waals surface area contributed by atoms with E-state index in [1.807, 2.05) is 0 Å². The predicted octanol–water partition coefficient (Wildman–Crippen LogP) is 2.93. The van der Waals surface area contributed by atoms with E-state index in [2.05, 4.69) is 48.5 Å². The number of hydrogen-bond acceptors (Lipinski definition) is 4. The molecule has 0 saturated heterocycles. The summed E-state index contributed by atoms with van der Waals surface area (Å²) in [5, 5.41) is 0. The van der Waals surface area contributed by atoms with Crippen molar-refractivity contribution in [1.29, 1.82) is 0 Å². The van der Waals surface area contributed by atoms with Crippen LogP contribution < -0.4 is 18.6 Å². The Morgan fingerprint density at radius 2 is 1.00 bits per heavy atom. The Morgan fingerprint density at radius 3 is 1.36 bits per heavy atom. The third-order valence-electron chi connectivity index (χ3n) is 7.10. The molecule has 0 N–H and O–H groups in total. The summed E-state index contributed by atoms with van der Waals surface area (Å²) in [6.45, 7) is 5.26. The number of fused-ring (bicyclic) bond motifs is 2. The van der Waals surface area contributed by atoms with Crippen LogP contribution in [0.1, 0.15) is 60.1 Å². The fourth-order valence-corrected chi connectivity index (χ4v) is 5.77. The minimum absolute atomic E-state index is 0. The Labute approximate surface area is 239 Å². The van der Waals surface area contributed by atoms with Crippen molar-refractivity contribution in [2.24, 2.45) is 0 Å². The molecule has 4 nitrogen and oxygen atoms in total. The predicted molar refractivity (Wildman–Crippen MR) is 122 cm³/mol. The number of benzene rings is 3. The van der Waals surface area contributed by atoms with Gasteiger partial charge in [0.15, 0.2) is 23.3 Å². The summed E-state index contributed by atoms with van der Waals surface area (Å²) in [7, 11) is -4.94. The van der Waals surface area contributed by atoms with E-state index in [0.29, 0.717) is 0 Å². The van der Waals surface area contributed by atoms with Crippen molar-refractivity contribution >= 4 is 0 Å². The molecule has 2 bridgehead atoms. The Morgan fingerprint density at radius 1 is 0.667 bits per heavy atom. The standard InChI is InChI=1S/C15H12F4.C14H12.ClHO4.Ir/c1-6-4-15(3)5-7(2)8(6)9-10(15)12(17)14(19)13(18)11(9)16;1-2-6-12-10-14-8-4-3-7-13(14)9-11(12)5-1;2-1(3,4)5;/h4-5,8H,1-3H3;1-8H,9-10H2;(H,2,3,4,5);/p-1. The SMILES string of the molecule is CC1=CC2(C)C=C(C)C1c1c(F)c(F)c(F)c(F)c12.[Ir].[O-][Cl+3]([O-])([O-])[O-].c1ccc2c(c1)Cc1ccccc1C2. The second-order valence-corrected chi connectivity index (χ2v) is 10.6. The van der Waals surface area contributed by atoms with Crippen LogP contribution in [0.4, 0.5) is 17.6 Å². The number of allylic oxidation sites excluding steroid dienone is 4. The van der Waals surface area contributed by atoms with Gasteiger partial charge < -0.3 is 0 Å². The Balaban J connectivity index is 0.000000185. The monoisotopic (exact) mass is 740 g/mol. The van der Waals surface area contributed by atoms with Crippen molar-refractivity contribution in [3.8, 4) is 0 Å². The Hall–Kier alpha value is -2.36. The molecule has 3 aromatic rings. The van der Waals surface area contributed by atoms with E-state index < -0.39 is 44.8 Å². The minimum Gasteiger partial charge on any atom is -0.222 e. The molecule has 0 unspecified atom stereocenters. The van der Waals surface area contributed by atoms with Crippen molar-refractivity contribution in [2.75, 3.05) is 0 Å². The molecule has 209 valence electrons. The molecule has 0 heterocycles. The molecule has 0 fully saturated rings. The molecular weight excluding hydrogens is 716 g/mol. The van der Waals surface area contributed by atoms with Crippen LogP contribution in [0.15, 0.2) is 71.8 Å². The van der Waals surface area contributed by atoms with E-state index in [9.17, 15) is 17.6 Å². The van der Waals surface area contributed by atoms with Gasteiger partial charge in [0.05, 0.1) is 0 Å². The van der Waals surface area contributed by atoms with Gasteiger partial charge in [-0.2, -0.15) is 0 Å². The Bertz CT molecular complexity index is 1350. The van der Waals surface area contributed by atoms with Gasteiger partial charge in [-0.1, -0.05) is 71.8 Å². The van der Waals surface area contributed by atoms with Crippen LogP contribution in [0.2, 0.25) is 0 Å². The van der Waals surface area contributed by atoms with E-state index >= 15 is 0 Å².